The normalized spacial score (nSPS) is 10.6. The van der Waals surface area contributed by atoms with Gasteiger partial charge in [-0.05, 0) is 18.2 Å². The van der Waals surface area contributed by atoms with Crippen molar-refractivity contribution in [3.63, 3.8) is 0 Å². The lowest BCUT2D eigenvalue weighted by Gasteiger charge is -2.05. The highest BCUT2D eigenvalue weighted by atomic mass is 16.2. The van der Waals surface area contributed by atoms with E-state index in [-0.39, 0.29) is 29.9 Å². The second-order valence-corrected chi connectivity index (χ2v) is 5.02. The summed E-state index contributed by atoms with van der Waals surface area (Å²) in [5.41, 5.74) is 1.63. The third kappa shape index (κ3) is 3.52. The molecule has 0 fully saturated rings. The maximum atomic E-state index is 12.0. The van der Waals surface area contributed by atoms with Crippen molar-refractivity contribution in [1.29, 1.82) is 0 Å². The van der Waals surface area contributed by atoms with Gasteiger partial charge in [0.25, 0.3) is 5.56 Å². The summed E-state index contributed by atoms with van der Waals surface area (Å²) in [5, 5.41) is 2.65. The Kier molecular flexibility index (Phi) is 4.01. The Morgan fingerprint density at radius 3 is 2.74 bits per heavy atom. The number of rotatable bonds is 4. The predicted molar refractivity (Wildman–Crippen MR) is 86.4 cm³/mol. The number of carbonyl (C=O) groups is 1. The van der Waals surface area contributed by atoms with E-state index in [1.807, 2.05) is 12.1 Å². The fourth-order valence-corrected chi connectivity index (χ4v) is 2.18. The van der Waals surface area contributed by atoms with Gasteiger partial charge in [-0.25, -0.2) is 4.98 Å². The lowest BCUT2D eigenvalue weighted by Crippen LogP contribution is -2.19. The van der Waals surface area contributed by atoms with Gasteiger partial charge < -0.3 is 15.3 Å². The zero-order chi connectivity index (χ0) is 16.2. The van der Waals surface area contributed by atoms with Gasteiger partial charge in [0, 0.05) is 25.1 Å². The Morgan fingerprint density at radius 2 is 1.96 bits per heavy atom. The smallest absolute Gasteiger partial charge is 0.270 e. The standard InChI is InChI=1S/C16H14N4O3/c21-14-7-5-10(9-17-14)18-15(22)8-6-13-16(23)20-12-4-2-1-3-11(12)19-13/h1-5,7,9H,6,8H2,(H,17,21)(H,18,22)(H,20,23). The van der Waals surface area contributed by atoms with Crippen LogP contribution < -0.4 is 16.4 Å². The lowest BCUT2D eigenvalue weighted by atomic mass is 10.2. The second kappa shape index (κ2) is 6.27. The van der Waals surface area contributed by atoms with Gasteiger partial charge >= 0.3 is 0 Å². The van der Waals surface area contributed by atoms with Gasteiger partial charge in [0.15, 0.2) is 0 Å². The largest absolute Gasteiger partial charge is 0.327 e. The number of aryl methyl sites for hydroxylation is 1. The summed E-state index contributed by atoms with van der Waals surface area (Å²) < 4.78 is 0. The molecule has 0 atom stereocenters. The van der Waals surface area contributed by atoms with Gasteiger partial charge in [-0.15, -0.1) is 0 Å². The number of aromatic nitrogens is 3. The number of amides is 1. The minimum absolute atomic E-state index is 0.119. The van der Waals surface area contributed by atoms with Crippen LogP contribution in [0.25, 0.3) is 11.0 Å². The van der Waals surface area contributed by atoms with Crippen molar-refractivity contribution in [2.24, 2.45) is 0 Å². The van der Waals surface area contributed by atoms with Gasteiger partial charge in [-0.3, -0.25) is 14.4 Å². The van der Waals surface area contributed by atoms with E-state index < -0.39 is 0 Å². The average molecular weight is 310 g/mol. The van der Waals surface area contributed by atoms with Crippen molar-refractivity contribution in [2.75, 3.05) is 5.32 Å². The van der Waals surface area contributed by atoms with Crippen LogP contribution in [0.2, 0.25) is 0 Å². The van der Waals surface area contributed by atoms with Crippen LogP contribution in [-0.4, -0.2) is 20.9 Å². The van der Waals surface area contributed by atoms with E-state index in [2.05, 4.69) is 20.3 Å². The molecule has 7 heteroatoms. The number of hydrogen-bond acceptors (Lipinski definition) is 4. The summed E-state index contributed by atoms with van der Waals surface area (Å²) >= 11 is 0. The Morgan fingerprint density at radius 1 is 1.13 bits per heavy atom. The topological polar surface area (TPSA) is 108 Å². The van der Waals surface area contributed by atoms with Gasteiger partial charge in [-0.2, -0.15) is 0 Å². The predicted octanol–water partition coefficient (Wildman–Crippen LogP) is 1.18. The lowest BCUT2D eigenvalue weighted by molar-refractivity contribution is -0.116. The number of aromatic amines is 2. The SMILES string of the molecule is O=C(CCc1nc2ccccc2[nH]c1=O)Nc1ccc(=O)[nH]c1. The first kappa shape index (κ1) is 14.7. The van der Waals surface area contributed by atoms with Crippen molar-refractivity contribution >= 4 is 22.6 Å². The summed E-state index contributed by atoms with van der Waals surface area (Å²) in [6.07, 6.45) is 1.77. The Bertz CT molecular complexity index is 954. The van der Waals surface area contributed by atoms with E-state index >= 15 is 0 Å². The number of nitrogens with one attached hydrogen (secondary N) is 3. The summed E-state index contributed by atoms with van der Waals surface area (Å²) in [7, 11) is 0. The number of pyridine rings is 1. The quantitative estimate of drug-likeness (QED) is 0.672. The molecule has 116 valence electrons. The van der Waals surface area contributed by atoms with Crippen molar-refractivity contribution in [1.82, 2.24) is 15.0 Å². The van der Waals surface area contributed by atoms with Crippen LogP contribution in [0.4, 0.5) is 5.69 Å². The molecule has 0 saturated carbocycles. The van der Waals surface area contributed by atoms with E-state index in [9.17, 15) is 14.4 Å². The molecule has 0 aliphatic carbocycles. The molecular formula is C16H14N4O3. The number of anilines is 1. The second-order valence-electron chi connectivity index (χ2n) is 5.02. The first-order chi connectivity index (χ1) is 11.1. The van der Waals surface area contributed by atoms with Crippen molar-refractivity contribution < 1.29 is 4.79 Å². The highest BCUT2D eigenvalue weighted by Gasteiger charge is 2.08. The molecule has 0 aliphatic heterocycles. The summed E-state index contributed by atoms with van der Waals surface area (Å²) in [4.78, 5) is 44.3. The van der Waals surface area contributed by atoms with Crippen LogP contribution in [0.5, 0.6) is 0 Å². The minimum Gasteiger partial charge on any atom is -0.327 e. The molecular weight excluding hydrogens is 296 g/mol. The number of H-pyrrole nitrogens is 2. The third-order valence-electron chi connectivity index (χ3n) is 3.33. The molecule has 7 nitrogen and oxygen atoms in total. The zero-order valence-corrected chi connectivity index (χ0v) is 12.1. The molecule has 0 aliphatic rings. The number of benzene rings is 1. The van der Waals surface area contributed by atoms with Crippen LogP contribution in [-0.2, 0) is 11.2 Å². The van der Waals surface area contributed by atoms with Crippen molar-refractivity contribution in [3.8, 4) is 0 Å². The van der Waals surface area contributed by atoms with Crippen LogP contribution in [0, 0.1) is 0 Å². The summed E-state index contributed by atoms with van der Waals surface area (Å²) in [6.45, 7) is 0. The van der Waals surface area contributed by atoms with Crippen LogP contribution in [0.3, 0.4) is 0 Å². The van der Waals surface area contributed by atoms with Crippen LogP contribution in [0.15, 0.2) is 52.2 Å². The van der Waals surface area contributed by atoms with Crippen molar-refractivity contribution in [2.45, 2.75) is 12.8 Å². The number of hydrogen-bond donors (Lipinski definition) is 3. The fraction of sp³-hybridized carbons (Fsp3) is 0.125. The van der Waals surface area contributed by atoms with E-state index in [4.69, 9.17) is 0 Å². The van der Waals surface area contributed by atoms with Crippen LogP contribution in [0.1, 0.15) is 12.1 Å². The summed E-state index contributed by atoms with van der Waals surface area (Å²) in [6, 6.07) is 10.1. The highest BCUT2D eigenvalue weighted by molar-refractivity contribution is 5.90. The maximum absolute atomic E-state index is 12.0. The number of nitrogens with zero attached hydrogens (tertiary/aromatic N) is 1. The average Bonchev–Trinajstić information content (AvgIpc) is 2.55. The zero-order valence-electron chi connectivity index (χ0n) is 12.1. The molecule has 3 N–H and O–H groups in total. The first-order valence-electron chi connectivity index (χ1n) is 7.08. The van der Waals surface area contributed by atoms with Gasteiger partial charge in [0.05, 0.1) is 16.7 Å². The molecule has 2 aromatic heterocycles. The molecule has 0 saturated heterocycles. The van der Waals surface area contributed by atoms with E-state index in [1.54, 1.807) is 12.1 Å². The Labute approximate surface area is 130 Å². The van der Waals surface area contributed by atoms with Crippen molar-refractivity contribution in [3.05, 3.63) is 69.0 Å². The first-order valence-corrected chi connectivity index (χ1v) is 7.08. The number of carbonyl (C=O) groups excluding carboxylic acids is 1. The molecule has 1 aromatic carbocycles. The number of para-hydroxylation sites is 2. The molecule has 0 bridgehead atoms. The third-order valence-corrected chi connectivity index (χ3v) is 3.33. The Balaban J connectivity index is 1.69. The maximum Gasteiger partial charge on any atom is 0.270 e. The Hall–Kier alpha value is -3.22. The molecule has 2 heterocycles. The molecule has 0 unspecified atom stereocenters. The van der Waals surface area contributed by atoms with Crippen LogP contribution >= 0.6 is 0 Å². The molecule has 0 radical (unpaired) electrons. The summed E-state index contributed by atoms with van der Waals surface area (Å²) in [5.74, 6) is -0.258. The van der Waals surface area contributed by atoms with Gasteiger partial charge in [-0.1, -0.05) is 12.1 Å². The fourth-order valence-electron chi connectivity index (χ4n) is 2.18. The van der Waals surface area contributed by atoms with Gasteiger partial charge in [0.2, 0.25) is 11.5 Å². The molecule has 23 heavy (non-hydrogen) atoms. The molecule has 3 aromatic rings. The minimum atomic E-state index is -0.291. The van der Waals surface area contributed by atoms with E-state index in [1.165, 1.54) is 18.3 Å². The van der Waals surface area contributed by atoms with E-state index in [0.29, 0.717) is 22.4 Å². The highest BCUT2D eigenvalue weighted by Crippen LogP contribution is 2.07. The number of fused-ring (bicyclic) bond motifs is 1. The molecule has 1 amide bonds. The van der Waals surface area contributed by atoms with E-state index in [0.717, 1.165) is 0 Å². The molecule has 0 spiro atoms. The monoisotopic (exact) mass is 310 g/mol. The molecule has 3 rings (SSSR count). The van der Waals surface area contributed by atoms with Gasteiger partial charge in [0.1, 0.15) is 5.69 Å².